The number of ketones is 2. The number of hydrogen-bond donors (Lipinski definition) is 1. The molecule has 0 aromatic heterocycles. The number of alkyl halides is 1. The highest BCUT2D eigenvalue weighted by Gasteiger charge is 2.63. The number of carbonyl (C=O) groups excluding carboxylic acids is 2. The van der Waals surface area contributed by atoms with Gasteiger partial charge in [-0.1, -0.05) is 0 Å². The van der Waals surface area contributed by atoms with Crippen LogP contribution in [0.1, 0.15) is 51.9 Å². The maximum atomic E-state index is 15.0. The summed E-state index contributed by atoms with van der Waals surface area (Å²) in [6.07, 6.45) is 3.40. The van der Waals surface area contributed by atoms with Crippen LogP contribution < -0.4 is 0 Å². The van der Waals surface area contributed by atoms with Gasteiger partial charge in [0.25, 0.3) is 5.00 Å². The van der Waals surface area contributed by atoms with Gasteiger partial charge in [-0.25, -0.2) is 4.39 Å². The minimum atomic E-state index is -5.29. The molecular weight excluding hydrogens is 311 g/mol. The Hall–Kier alpha value is -0.820. The molecule has 1 unspecified atom stereocenters. The predicted molar refractivity (Wildman–Crippen MR) is 76.3 cm³/mol. The van der Waals surface area contributed by atoms with E-state index in [9.17, 15) is 22.6 Å². The fourth-order valence-electron chi connectivity index (χ4n) is 5.39. The SMILES string of the molecule is CC(=O)CC(F)(C(=O)C12CC3CC(CC(C3)C1)C2)S(=O)(=O)O. The van der Waals surface area contributed by atoms with E-state index in [0.29, 0.717) is 37.0 Å². The summed E-state index contributed by atoms with van der Waals surface area (Å²) in [6, 6.07) is 0. The zero-order chi connectivity index (χ0) is 16.3. The van der Waals surface area contributed by atoms with Crippen molar-refractivity contribution >= 4 is 21.7 Å². The maximum Gasteiger partial charge on any atom is 0.308 e. The van der Waals surface area contributed by atoms with Gasteiger partial charge in [0.05, 0.1) is 6.42 Å². The lowest BCUT2D eigenvalue weighted by Gasteiger charge is -2.56. The Morgan fingerprint density at radius 2 is 1.55 bits per heavy atom. The van der Waals surface area contributed by atoms with E-state index in [0.717, 1.165) is 26.2 Å². The maximum absolute atomic E-state index is 15.0. The summed E-state index contributed by atoms with van der Waals surface area (Å²) in [6.45, 7) is 1.02. The molecule has 0 radical (unpaired) electrons. The third kappa shape index (κ3) is 2.33. The summed E-state index contributed by atoms with van der Waals surface area (Å²) in [5.41, 5.74) is -1.02. The molecule has 1 N–H and O–H groups in total. The summed E-state index contributed by atoms with van der Waals surface area (Å²) >= 11 is 0. The van der Waals surface area contributed by atoms with Gasteiger partial charge >= 0.3 is 10.1 Å². The topological polar surface area (TPSA) is 88.5 Å². The Morgan fingerprint density at radius 1 is 1.14 bits per heavy atom. The summed E-state index contributed by atoms with van der Waals surface area (Å²) < 4.78 is 47.4. The van der Waals surface area contributed by atoms with Crippen molar-refractivity contribution in [1.82, 2.24) is 0 Å². The van der Waals surface area contributed by atoms with Gasteiger partial charge in [-0.2, -0.15) is 8.42 Å². The molecule has 4 bridgehead atoms. The Bertz CT molecular complexity index is 591. The van der Waals surface area contributed by atoms with Gasteiger partial charge in [0.1, 0.15) is 5.78 Å². The van der Waals surface area contributed by atoms with Crippen molar-refractivity contribution in [2.24, 2.45) is 23.2 Å². The van der Waals surface area contributed by atoms with E-state index >= 15 is 4.39 Å². The van der Waals surface area contributed by atoms with Gasteiger partial charge in [0, 0.05) is 5.41 Å². The van der Waals surface area contributed by atoms with Crippen LogP contribution in [-0.4, -0.2) is 29.5 Å². The van der Waals surface area contributed by atoms with Crippen LogP contribution in [0.4, 0.5) is 4.39 Å². The molecule has 0 aromatic carbocycles. The molecule has 124 valence electrons. The Balaban J connectivity index is 1.99. The zero-order valence-electron chi connectivity index (χ0n) is 12.5. The van der Waals surface area contributed by atoms with Crippen molar-refractivity contribution in [3.8, 4) is 0 Å². The van der Waals surface area contributed by atoms with Crippen LogP contribution in [0.3, 0.4) is 0 Å². The van der Waals surface area contributed by atoms with E-state index in [1.165, 1.54) is 0 Å². The second-order valence-corrected chi connectivity index (χ2v) is 9.21. The van der Waals surface area contributed by atoms with Gasteiger partial charge in [-0.05, 0) is 63.2 Å². The monoisotopic (exact) mass is 332 g/mol. The molecule has 4 saturated carbocycles. The van der Waals surface area contributed by atoms with Crippen LogP contribution in [-0.2, 0) is 19.7 Å². The summed E-state index contributed by atoms with van der Waals surface area (Å²) in [7, 11) is -5.29. The van der Waals surface area contributed by atoms with Crippen molar-refractivity contribution in [3.05, 3.63) is 0 Å². The molecule has 22 heavy (non-hydrogen) atoms. The van der Waals surface area contributed by atoms with Gasteiger partial charge in [0.15, 0.2) is 5.78 Å². The minimum Gasteiger partial charge on any atom is -0.300 e. The molecule has 5 nitrogen and oxygen atoms in total. The van der Waals surface area contributed by atoms with Crippen LogP contribution in [0.25, 0.3) is 0 Å². The summed E-state index contributed by atoms with van der Waals surface area (Å²) in [5, 5.41) is -3.50. The van der Waals surface area contributed by atoms with Crippen LogP contribution in [0.2, 0.25) is 0 Å². The first-order valence-electron chi connectivity index (χ1n) is 7.76. The van der Waals surface area contributed by atoms with E-state index < -0.39 is 38.5 Å². The van der Waals surface area contributed by atoms with E-state index in [-0.39, 0.29) is 0 Å². The van der Waals surface area contributed by atoms with E-state index in [1.54, 1.807) is 0 Å². The van der Waals surface area contributed by atoms with E-state index in [1.807, 2.05) is 0 Å². The van der Waals surface area contributed by atoms with Gasteiger partial charge < -0.3 is 0 Å². The lowest BCUT2D eigenvalue weighted by atomic mass is 9.48. The van der Waals surface area contributed by atoms with Crippen LogP contribution in [0, 0.1) is 23.2 Å². The quantitative estimate of drug-likeness (QED) is 0.780. The molecule has 0 aromatic rings. The van der Waals surface area contributed by atoms with Gasteiger partial charge in [0.2, 0.25) is 0 Å². The molecule has 0 saturated heterocycles. The number of halogens is 1. The first kappa shape index (κ1) is 16.1. The van der Waals surface area contributed by atoms with Crippen LogP contribution >= 0.6 is 0 Å². The number of Topliss-reactive ketones (excluding diaryl/α,β-unsaturated/α-hetero) is 2. The molecule has 7 heteroatoms. The molecule has 4 fully saturated rings. The molecule has 0 heterocycles. The van der Waals surface area contributed by atoms with Crippen molar-refractivity contribution in [1.29, 1.82) is 0 Å². The van der Waals surface area contributed by atoms with Gasteiger partial charge in [-0.15, -0.1) is 0 Å². The molecule has 0 spiro atoms. The Labute approximate surface area is 129 Å². The minimum absolute atomic E-state index is 0.332. The second kappa shape index (κ2) is 4.84. The van der Waals surface area contributed by atoms with Crippen molar-refractivity contribution in [3.63, 3.8) is 0 Å². The molecule has 1 atom stereocenters. The third-order valence-corrected chi connectivity index (χ3v) is 6.89. The normalized spacial score (nSPS) is 39.5. The predicted octanol–water partition coefficient (Wildman–Crippen LogP) is 2.30. The number of rotatable bonds is 5. The van der Waals surface area contributed by atoms with E-state index in [4.69, 9.17) is 0 Å². The standard InChI is InChI=1S/C15H21FO5S/c1-9(17)5-15(16,22(19,20)21)13(18)14-6-10-2-11(7-14)4-12(3-10)8-14/h10-12H,2-8H2,1H3,(H,19,20,21). The third-order valence-electron chi connectivity index (χ3n) is 5.74. The van der Waals surface area contributed by atoms with Gasteiger partial charge in [-0.3, -0.25) is 14.1 Å². The average molecular weight is 332 g/mol. The first-order chi connectivity index (χ1) is 10.1. The summed E-state index contributed by atoms with van der Waals surface area (Å²) in [5.74, 6) is -0.857. The zero-order valence-corrected chi connectivity index (χ0v) is 13.4. The largest absolute Gasteiger partial charge is 0.308 e. The lowest BCUT2D eigenvalue weighted by molar-refractivity contribution is -0.153. The van der Waals surface area contributed by atoms with Crippen molar-refractivity contribution in [2.75, 3.05) is 0 Å². The molecule has 0 amide bonds. The van der Waals surface area contributed by atoms with Crippen LogP contribution in [0.5, 0.6) is 0 Å². The molecule has 4 rings (SSSR count). The van der Waals surface area contributed by atoms with E-state index in [2.05, 4.69) is 0 Å². The van der Waals surface area contributed by atoms with Crippen molar-refractivity contribution < 1.29 is 27.0 Å². The molecule has 0 aliphatic heterocycles. The average Bonchev–Trinajstić information content (AvgIpc) is 2.33. The Morgan fingerprint density at radius 3 is 1.86 bits per heavy atom. The van der Waals surface area contributed by atoms with Crippen LogP contribution in [0.15, 0.2) is 0 Å². The molecular formula is C15H21FO5S. The Kier molecular flexibility index (Phi) is 3.53. The fourth-order valence-corrected chi connectivity index (χ4v) is 6.23. The first-order valence-corrected chi connectivity index (χ1v) is 9.20. The van der Waals surface area contributed by atoms with Crippen molar-refractivity contribution in [2.45, 2.75) is 56.9 Å². The fraction of sp³-hybridized carbons (Fsp3) is 0.867. The highest BCUT2D eigenvalue weighted by Crippen LogP contribution is 2.61. The molecule has 4 aliphatic carbocycles. The smallest absolute Gasteiger partial charge is 0.300 e. The number of carbonyl (C=O) groups is 2. The lowest BCUT2D eigenvalue weighted by Crippen LogP contribution is -2.58. The summed E-state index contributed by atoms with van der Waals surface area (Å²) in [4.78, 5) is 24.1. The highest BCUT2D eigenvalue weighted by atomic mass is 32.2. The molecule has 4 aliphatic rings. The highest BCUT2D eigenvalue weighted by molar-refractivity contribution is 7.88. The second-order valence-electron chi connectivity index (χ2n) is 7.61. The number of hydrogen-bond acceptors (Lipinski definition) is 4.